The highest BCUT2D eigenvalue weighted by atomic mass is 32.1. The second-order valence-electron chi connectivity index (χ2n) is 6.43. The summed E-state index contributed by atoms with van der Waals surface area (Å²) in [5.74, 6) is 1.36. The van der Waals surface area contributed by atoms with Gasteiger partial charge in [0.1, 0.15) is 10.7 Å². The number of piperidine rings is 1. The van der Waals surface area contributed by atoms with E-state index < -0.39 is 0 Å². The van der Waals surface area contributed by atoms with Crippen molar-refractivity contribution >= 4 is 28.3 Å². The first kappa shape index (κ1) is 15.3. The van der Waals surface area contributed by atoms with Gasteiger partial charge in [0.2, 0.25) is 0 Å². The van der Waals surface area contributed by atoms with Crippen LogP contribution in [-0.4, -0.2) is 38.8 Å². The molecule has 3 heterocycles. The van der Waals surface area contributed by atoms with Crippen LogP contribution in [0.3, 0.4) is 0 Å². The van der Waals surface area contributed by atoms with Crippen molar-refractivity contribution in [2.75, 3.05) is 13.1 Å². The third-order valence-corrected chi connectivity index (χ3v) is 5.56. The Morgan fingerprint density at radius 2 is 2.25 bits per heavy atom. The zero-order valence-electron chi connectivity index (χ0n) is 13.9. The monoisotopic (exact) mass is 340 g/mol. The number of benzene rings is 1. The van der Waals surface area contributed by atoms with Crippen molar-refractivity contribution in [3.8, 4) is 0 Å². The summed E-state index contributed by atoms with van der Waals surface area (Å²) < 4.78 is 0. The van der Waals surface area contributed by atoms with Crippen LogP contribution in [0.5, 0.6) is 0 Å². The van der Waals surface area contributed by atoms with Crippen molar-refractivity contribution in [1.29, 1.82) is 0 Å². The highest BCUT2D eigenvalue weighted by Gasteiger charge is 2.28. The molecule has 1 aliphatic rings. The summed E-state index contributed by atoms with van der Waals surface area (Å²) in [6.07, 6.45) is 3.76. The number of amides is 1. The van der Waals surface area contributed by atoms with Crippen molar-refractivity contribution in [2.24, 2.45) is 0 Å². The Balaban J connectivity index is 1.57. The largest absolute Gasteiger partial charge is 0.342 e. The molecule has 4 rings (SSSR count). The molecule has 5 nitrogen and oxygen atoms in total. The van der Waals surface area contributed by atoms with Crippen molar-refractivity contribution in [1.82, 2.24) is 19.9 Å². The van der Waals surface area contributed by atoms with E-state index in [4.69, 9.17) is 4.98 Å². The van der Waals surface area contributed by atoms with Gasteiger partial charge in [0.05, 0.1) is 22.2 Å². The Bertz CT molecular complexity index is 897. The van der Waals surface area contributed by atoms with Gasteiger partial charge < -0.3 is 9.88 Å². The molecular weight excluding hydrogens is 320 g/mol. The number of thiazole rings is 1. The lowest BCUT2D eigenvalue weighted by Gasteiger charge is -2.31. The van der Waals surface area contributed by atoms with Gasteiger partial charge in [0, 0.05) is 19.0 Å². The average Bonchev–Trinajstić information content (AvgIpc) is 3.21. The van der Waals surface area contributed by atoms with Crippen molar-refractivity contribution < 1.29 is 4.79 Å². The number of carbonyl (C=O) groups excluding carboxylic acids is 1. The molecule has 1 N–H and O–H groups in total. The number of rotatable bonds is 2. The molecule has 24 heavy (non-hydrogen) atoms. The molecule has 1 amide bonds. The Labute approximate surface area is 144 Å². The first-order valence-corrected chi connectivity index (χ1v) is 9.10. The van der Waals surface area contributed by atoms with Gasteiger partial charge in [-0.2, -0.15) is 0 Å². The van der Waals surface area contributed by atoms with E-state index in [-0.39, 0.29) is 11.8 Å². The molecule has 1 saturated heterocycles. The molecule has 0 unspecified atom stereocenters. The zero-order chi connectivity index (χ0) is 16.7. The number of para-hydroxylation sites is 1. The first-order valence-electron chi connectivity index (χ1n) is 8.29. The predicted molar refractivity (Wildman–Crippen MR) is 95.6 cm³/mol. The molecule has 0 saturated carbocycles. The lowest BCUT2D eigenvalue weighted by Crippen LogP contribution is -2.39. The van der Waals surface area contributed by atoms with Crippen LogP contribution in [0.1, 0.15) is 44.8 Å². The summed E-state index contributed by atoms with van der Waals surface area (Å²) >= 11 is 1.47. The molecule has 3 aromatic rings. The number of hydrogen-bond acceptors (Lipinski definition) is 4. The van der Waals surface area contributed by atoms with Crippen molar-refractivity contribution in [2.45, 2.75) is 32.6 Å². The van der Waals surface area contributed by atoms with E-state index in [1.54, 1.807) is 6.20 Å². The minimum absolute atomic E-state index is 0.0950. The lowest BCUT2D eigenvalue weighted by molar-refractivity contribution is 0.0709. The first-order chi connectivity index (χ1) is 11.6. The Kier molecular flexibility index (Phi) is 3.84. The van der Waals surface area contributed by atoms with Gasteiger partial charge in [-0.1, -0.05) is 12.1 Å². The third-order valence-electron chi connectivity index (χ3n) is 4.66. The smallest absolute Gasteiger partial charge is 0.265 e. The number of nitrogens with one attached hydrogen (secondary N) is 1. The number of aryl methyl sites for hydroxylation is 2. The SMILES string of the molecule is Cc1ncc(C(=O)N2CCC[C@H](c3nc4c(C)cccc4[nH]3)C2)s1. The van der Waals surface area contributed by atoms with Gasteiger partial charge >= 0.3 is 0 Å². The number of likely N-dealkylation sites (tertiary alicyclic amines) is 1. The number of nitrogens with zero attached hydrogens (tertiary/aromatic N) is 3. The summed E-state index contributed by atoms with van der Waals surface area (Å²) in [5.41, 5.74) is 3.29. The van der Waals surface area contributed by atoms with E-state index >= 15 is 0 Å². The summed E-state index contributed by atoms with van der Waals surface area (Å²) in [7, 11) is 0. The van der Waals surface area contributed by atoms with Gasteiger partial charge in [0.15, 0.2) is 0 Å². The van der Waals surface area contributed by atoms with Crippen LogP contribution in [-0.2, 0) is 0 Å². The normalized spacial score (nSPS) is 18.2. The standard InChI is InChI=1S/C18H20N4OS/c1-11-5-3-7-14-16(11)21-17(20-14)13-6-4-8-22(10-13)18(23)15-9-19-12(2)24-15/h3,5,7,9,13H,4,6,8,10H2,1-2H3,(H,20,21)/t13-/m0/s1. The number of imidazole rings is 1. The summed E-state index contributed by atoms with van der Waals surface area (Å²) in [5, 5.41) is 0.930. The van der Waals surface area contributed by atoms with E-state index in [0.29, 0.717) is 6.54 Å². The number of fused-ring (bicyclic) bond motifs is 1. The molecule has 1 aliphatic heterocycles. The fourth-order valence-corrected chi connectivity index (χ4v) is 4.13. The Morgan fingerprint density at radius 3 is 3.00 bits per heavy atom. The number of hydrogen-bond donors (Lipinski definition) is 1. The maximum atomic E-state index is 12.7. The molecule has 0 spiro atoms. The number of carbonyl (C=O) groups is 1. The highest BCUT2D eigenvalue weighted by Crippen LogP contribution is 2.29. The molecule has 0 aliphatic carbocycles. The number of H-pyrrole nitrogens is 1. The molecular formula is C18H20N4OS. The van der Waals surface area contributed by atoms with Gasteiger partial charge in [-0.05, 0) is 38.3 Å². The van der Waals surface area contributed by atoms with Crippen LogP contribution in [0.2, 0.25) is 0 Å². The summed E-state index contributed by atoms with van der Waals surface area (Å²) in [6, 6.07) is 6.18. The fraction of sp³-hybridized carbons (Fsp3) is 0.389. The van der Waals surface area contributed by atoms with Crippen LogP contribution in [0.15, 0.2) is 24.4 Å². The zero-order valence-corrected chi connectivity index (χ0v) is 14.7. The van der Waals surface area contributed by atoms with E-state index in [1.165, 1.54) is 16.9 Å². The van der Waals surface area contributed by atoms with Crippen molar-refractivity contribution in [3.63, 3.8) is 0 Å². The third kappa shape index (κ3) is 2.71. The molecule has 1 fully saturated rings. The van der Waals surface area contributed by atoms with E-state index in [0.717, 1.165) is 46.1 Å². The quantitative estimate of drug-likeness (QED) is 0.774. The number of aromatic amines is 1. The maximum absolute atomic E-state index is 12.7. The van der Waals surface area contributed by atoms with Crippen LogP contribution >= 0.6 is 11.3 Å². The molecule has 6 heteroatoms. The second-order valence-corrected chi connectivity index (χ2v) is 7.66. The predicted octanol–water partition coefficient (Wildman–Crippen LogP) is 3.66. The Hall–Kier alpha value is -2.21. The van der Waals surface area contributed by atoms with Crippen LogP contribution in [0, 0.1) is 13.8 Å². The van der Waals surface area contributed by atoms with Crippen LogP contribution in [0.25, 0.3) is 11.0 Å². The molecule has 1 aromatic carbocycles. The summed E-state index contributed by atoms with van der Waals surface area (Å²) in [4.78, 5) is 27.8. The van der Waals surface area contributed by atoms with E-state index in [1.807, 2.05) is 17.9 Å². The lowest BCUT2D eigenvalue weighted by atomic mass is 9.97. The molecule has 0 bridgehead atoms. The molecule has 0 radical (unpaired) electrons. The van der Waals surface area contributed by atoms with Crippen LogP contribution in [0.4, 0.5) is 0 Å². The van der Waals surface area contributed by atoms with Gasteiger partial charge in [-0.25, -0.2) is 9.97 Å². The topological polar surface area (TPSA) is 61.9 Å². The Morgan fingerprint density at radius 1 is 1.38 bits per heavy atom. The number of aromatic nitrogens is 3. The second kappa shape index (κ2) is 6.02. The van der Waals surface area contributed by atoms with Gasteiger partial charge in [0.25, 0.3) is 5.91 Å². The van der Waals surface area contributed by atoms with Crippen molar-refractivity contribution in [3.05, 3.63) is 45.7 Å². The van der Waals surface area contributed by atoms with E-state index in [2.05, 4.69) is 29.0 Å². The highest BCUT2D eigenvalue weighted by molar-refractivity contribution is 7.13. The molecule has 124 valence electrons. The fourth-order valence-electron chi connectivity index (χ4n) is 3.39. The van der Waals surface area contributed by atoms with E-state index in [9.17, 15) is 4.79 Å². The van der Waals surface area contributed by atoms with Crippen LogP contribution < -0.4 is 0 Å². The van der Waals surface area contributed by atoms with Gasteiger partial charge in [-0.15, -0.1) is 11.3 Å². The minimum Gasteiger partial charge on any atom is -0.342 e. The summed E-state index contributed by atoms with van der Waals surface area (Å²) in [6.45, 7) is 5.53. The molecule has 1 atom stereocenters. The average molecular weight is 340 g/mol. The molecule has 2 aromatic heterocycles. The maximum Gasteiger partial charge on any atom is 0.265 e. The minimum atomic E-state index is 0.0950. The van der Waals surface area contributed by atoms with Gasteiger partial charge in [-0.3, -0.25) is 4.79 Å².